The molecule has 0 radical (unpaired) electrons. The summed E-state index contributed by atoms with van der Waals surface area (Å²) in [4.78, 5) is 51.3. The van der Waals surface area contributed by atoms with Crippen LogP contribution in [-0.4, -0.2) is 250 Å². The average molecular weight is 579 g/mol. The Balaban J connectivity index is -0.00000000314. The first-order valence-corrected chi connectivity index (χ1v) is 4.38. The molecule has 0 rings (SSSR count). The molecule has 0 fully saturated rings. The molecule has 0 aliphatic heterocycles. The van der Waals surface area contributed by atoms with Gasteiger partial charge in [-0.3, -0.25) is 0 Å². The van der Waals surface area contributed by atoms with Gasteiger partial charge in [-0.15, -0.1) is 0 Å². The van der Waals surface area contributed by atoms with E-state index in [1.54, 1.807) is 0 Å². The van der Waals surface area contributed by atoms with Crippen LogP contribution in [0, 0.1) is 0 Å². The molecule has 0 amide bonds. The van der Waals surface area contributed by atoms with Gasteiger partial charge in [-0.2, -0.15) is 15.6 Å². The molecule has 0 spiro atoms. The predicted octanol–water partition coefficient (Wildman–Crippen LogP) is -7.26. The molecule has 76 valence electrons. The van der Waals surface area contributed by atoms with E-state index in [2.05, 4.69) is 0 Å². The van der Waals surface area contributed by atoms with Crippen molar-refractivity contribution < 1.29 is 47.1 Å². The second kappa shape index (κ2) is 28.3. The summed E-state index contributed by atoms with van der Waals surface area (Å²) < 4.78 is 17.1. The van der Waals surface area contributed by atoms with Crippen LogP contribution in [0.15, 0.2) is 0 Å². The Morgan fingerprint density at radius 3 is 0.562 bits per heavy atom. The fraction of sp³-hybridized carbons (Fsp3) is 0. The predicted molar refractivity (Wildman–Crippen MR) is 56.4 cm³/mol. The molecule has 0 aliphatic carbocycles. The van der Waals surface area contributed by atoms with E-state index in [0.717, 1.165) is 0 Å². The first kappa shape index (κ1) is 49.7. The van der Waals surface area contributed by atoms with E-state index >= 15 is 0 Å². The van der Waals surface area contributed by atoms with Crippen LogP contribution >= 0.6 is 15.6 Å². The molecule has 16 heavy (non-hydrogen) atoms. The first-order chi connectivity index (χ1) is 4.00. The van der Waals surface area contributed by atoms with Crippen molar-refractivity contribution in [2.45, 2.75) is 0 Å². The molecule has 0 heterocycles. The topological polar surface area (TPSA) is 172 Å². The van der Waals surface area contributed by atoms with Crippen LogP contribution in [0.1, 0.15) is 8.56 Å². The van der Waals surface area contributed by atoms with Crippen molar-refractivity contribution in [3.05, 3.63) is 0 Å². The van der Waals surface area contributed by atoms with Gasteiger partial charge in [-0.1, -0.05) is 0 Å². The van der Waals surface area contributed by atoms with Crippen molar-refractivity contribution in [1.29, 1.82) is 0 Å². The van der Waals surface area contributed by atoms with Gasteiger partial charge < -0.3 is 47.1 Å². The number of rotatable bonds is 0. The van der Waals surface area contributed by atoms with Gasteiger partial charge in [0.15, 0.2) is 0 Å². The third kappa shape index (κ3) is 145. The van der Waals surface area contributed by atoms with Crippen LogP contribution in [0.2, 0.25) is 0 Å². The molecule has 0 bridgehead atoms. The van der Waals surface area contributed by atoms with E-state index in [4.69, 9.17) is 38.5 Å². The molecule has 0 aromatic heterocycles. The van der Waals surface area contributed by atoms with E-state index in [1.807, 2.05) is 0 Å². The maximum absolute atomic E-state index is 8.55. The van der Waals surface area contributed by atoms with E-state index in [9.17, 15) is 0 Å². The number of phosphoric acid groups is 2. The monoisotopic (exact) mass is 580 g/mol. The zero-order valence-corrected chi connectivity index (χ0v) is 27.2. The Kier molecular flexibility index (Phi) is 87.7. The van der Waals surface area contributed by atoms with Crippen LogP contribution < -0.4 is 29.4 Å². The van der Waals surface area contributed by atoms with E-state index in [1.165, 1.54) is 0 Å². The van der Waals surface area contributed by atoms with Crippen molar-refractivity contribution in [2.75, 3.05) is 0 Å². The zero-order valence-electron chi connectivity index (χ0n) is 14.4. The minimum Gasteiger partial charge on any atom is -1.00 e. The summed E-state index contributed by atoms with van der Waals surface area (Å²) in [5.74, 6) is 0. The molecule has 0 aromatic carbocycles. The summed E-state index contributed by atoms with van der Waals surface area (Å²) in [6, 6.07) is 0. The van der Waals surface area contributed by atoms with Gasteiger partial charge in [-0.25, -0.2) is 0 Å². The molecule has 0 atom stereocenters. The molecule has 0 N–H and O–H groups in total. The minimum atomic E-state index is -5.39. The van der Waals surface area contributed by atoms with Crippen LogP contribution in [0.5, 0.6) is 0 Å². The Morgan fingerprint density at radius 2 is 0.562 bits per heavy atom. The second-order valence-electron chi connectivity index (χ2n) is 0.894. The van der Waals surface area contributed by atoms with Crippen LogP contribution in [0.4, 0.5) is 0 Å². The maximum Gasteiger partial charge on any atom is 2.00 e. The van der Waals surface area contributed by atoms with Crippen molar-refractivity contribution in [3.8, 4) is 0 Å². The quantitative estimate of drug-likeness (QED) is 0.201. The van der Waals surface area contributed by atoms with Gasteiger partial charge in [0, 0.05) is 0 Å². The summed E-state index contributed by atoms with van der Waals surface area (Å²) in [6.45, 7) is 0. The summed E-state index contributed by atoms with van der Waals surface area (Å²) >= 11 is 0. The molecule has 8 nitrogen and oxygen atoms in total. The van der Waals surface area contributed by atoms with Gasteiger partial charge in [0.2, 0.25) is 0 Å². The molecule has 0 unspecified atom stereocenters. The Morgan fingerprint density at radius 1 is 0.562 bits per heavy atom. The largest absolute Gasteiger partial charge is 2.00 e. The molecule has 16 heteroatoms. The number of hydrogen-bond donors (Lipinski definition) is 0. The molecule has 0 saturated carbocycles. The van der Waals surface area contributed by atoms with Gasteiger partial charge in [0.1, 0.15) is 0 Å². The van der Waals surface area contributed by atoms with Gasteiger partial charge in [0.05, 0.1) is 0 Å². The van der Waals surface area contributed by atoms with Crippen LogP contribution in [0.25, 0.3) is 0 Å². The SMILES string of the molecule is O=P([O-])([O-])[O-].O=P([O-])([O-])[O-].[Ca+2].[Ca+2].[Ca+2].[H-].[H-].[H-].[H-].[H-].[H-].[Sr+2].[Sr+2].[Sr+2]. The van der Waals surface area contributed by atoms with Gasteiger partial charge in [-0.05, 0) is 0 Å². The fourth-order valence-corrected chi connectivity index (χ4v) is 0. The van der Waals surface area contributed by atoms with Crippen molar-refractivity contribution in [2.24, 2.45) is 0 Å². The maximum atomic E-state index is 8.55. The summed E-state index contributed by atoms with van der Waals surface area (Å²) in [7, 11) is -10.8. The first-order valence-electron chi connectivity index (χ1n) is 1.46. The van der Waals surface area contributed by atoms with Crippen molar-refractivity contribution in [1.82, 2.24) is 0 Å². The van der Waals surface area contributed by atoms with E-state index in [-0.39, 0.29) is 258 Å². The molecular weight excluding hydrogens is 573 g/mol. The molecule has 0 saturated heterocycles. The fourth-order valence-electron chi connectivity index (χ4n) is 0. The Bertz CT molecular complexity index is 159. The third-order valence-electron chi connectivity index (χ3n) is 0. The smallest absolute Gasteiger partial charge is 1.00 e. The van der Waals surface area contributed by atoms with Crippen LogP contribution in [0.3, 0.4) is 0 Å². The third-order valence-corrected chi connectivity index (χ3v) is 0. The standard InChI is InChI=1S/3Ca.2H3O4P.3Sr.6H/c;;;2*1-5(2,3)4;;;;;;;;;/h;;;2*(H3,1,2,3,4);;;;;;;;;/q3*+2;;;3*+2;6*-1/p-6. The Hall–Kier alpha value is 8.44. The molecule has 0 aliphatic rings. The second-order valence-corrected chi connectivity index (χ2v) is 2.68. The average Bonchev–Trinajstić information content (AvgIpc) is 1.12. The minimum absolute atomic E-state index is 0. The van der Waals surface area contributed by atoms with E-state index in [0.29, 0.717) is 0 Å². The Labute approximate surface area is 303 Å². The molecule has 0 aromatic rings. The zero-order chi connectivity index (χ0) is 9.00. The summed E-state index contributed by atoms with van der Waals surface area (Å²) in [5.41, 5.74) is 0. The number of hydrogen-bond acceptors (Lipinski definition) is 8. The normalized spacial score (nSPS) is 7.38. The van der Waals surface area contributed by atoms with Gasteiger partial charge >= 0.3 is 250 Å². The van der Waals surface area contributed by atoms with Crippen molar-refractivity contribution in [3.63, 3.8) is 0 Å². The van der Waals surface area contributed by atoms with Crippen LogP contribution in [-0.2, 0) is 9.13 Å². The van der Waals surface area contributed by atoms with Crippen molar-refractivity contribution >= 4 is 265 Å². The summed E-state index contributed by atoms with van der Waals surface area (Å²) in [6.07, 6.45) is 0. The molecular formula is H6Ca3O8P2Sr3. The summed E-state index contributed by atoms with van der Waals surface area (Å²) in [5, 5.41) is 0. The van der Waals surface area contributed by atoms with Gasteiger partial charge in [0.25, 0.3) is 0 Å². The van der Waals surface area contributed by atoms with E-state index < -0.39 is 15.6 Å².